The molecule has 0 saturated heterocycles. The predicted molar refractivity (Wildman–Crippen MR) is 109 cm³/mol. The van der Waals surface area contributed by atoms with Gasteiger partial charge < -0.3 is 5.11 Å². The van der Waals surface area contributed by atoms with Crippen LogP contribution >= 0.6 is 23.2 Å². The molecule has 2 aromatic carbocycles. The molecule has 3 aromatic rings. The lowest BCUT2D eigenvalue weighted by atomic mass is 9.92. The average molecular weight is 439 g/mol. The van der Waals surface area contributed by atoms with E-state index in [1.807, 2.05) is 20.8 Å². The Hall–Kier alpha value is -2.44. The first kappa shape index (κ1) is 21.3. The molecule has 8 heteroatoms. The number of hydrogen-bond donors (Lipinski definition) is 1. The van der Waals surface area contributed by atoms with Gasteiger partial charge in [-0.2, -0.15) is 0 Å². The molecule has 0 aliphatic heterocycles. The Labute approximate surface area is 176 Å². The predicted octanol–water partition coefficient (Wildman–Crippen LogP) is 6.41. The van der Waals surface area contributed by atoms with Crippen LogP contribution in [0.1, 0.15) is 37.1 Å². The number of imidazole rings is 1. The van der Waals surface area contributed by atoms with E-state index in [9.17, 15) is 18.7 Å². The van der Waals surface area contributed by atoms with Gasteiger partial charge in [0.05, 0.1) is 21.4 Å². The fraction of sp³-hybridized carbons (Fsp3) is 0.238. The Morgan fingerprint density at radius 2 is 1.83 bits per heavy atom. The minimum Gasteiger partial charge on any atom is -0.476 e. The first-order chi connectivity index (χ1) is 13.5. The van der Waals surface area contributed by atoms with E-state index in [4.69, 9.17) is 23.2 Å². The van der Waals surface area contributed by atoms with Crippen LogP contribution in [0.25, 0.3) is 16.9 Å². The Morgan fingerprint density at radius 1 is 1.14 bits per heavy atom. The van der Waals surface area contributed by atoms with Crippen LogP contribution in [-0.4, -0.2) is 20.6 Å². The van der Waals surface area contributed by atoms with Crippen LogP contribution in [0.3, 0.4) is 0 Å². The summed E-state index contributed by atoms with van der Waals surface area (Å²) in [5.74, 6) is -2.32. The third-order valence-electron chi connectivity index (χ3n) is 4.20. The maximum atomic E-state index is 14.9. The number of rotatable bonds is 4. The van der Waals surface area contributed by atoms with Crippen molar-refractivity contribution in [1.29, 1.82) is 0 Å². The summed E-state index contributed by atoms with van der Waals surface area (Å²) in [5.41, 5.74) is -0.120. The molecule has 0 bridgehead atoms. The zero-order chi connectivity index (χ0) is 21.5. The number of carbonyl (C=O) groups is 1. The van der Waals surface area contributed by atoms with E-state index in [0.717, 1.165) is 6.07 Å². The minimum atomic E-state index is -1.29. The fourth-order valence-corrected chi connectivity index (χ4v) is 3.39. The van der Waals surface area contributed by atoms with Gasteiger partial charge in [-0.3, -0.25) is 4.57 Å². The maximum Gasteiger partial charge on any atom is 0.356 e. The number of hydrogen-bond acceptors (Lipinski definition) is 2. The molecule has 0 radical (unpaired) electrons. The number of aromatic carboxylic acids is 1. The highest BCUT2D eigenvalue weighted by atomic mass is 35.5. The number of halogens is 4. The molecule has 0 saturated carbocycles. The minimum absolute atomic E-state index is 0.0483. The van der Waals surface area contributed by atoms with E-state index < -0.39 is 17.6 Å². The van der Waals surface area contributed by atoms with Crippen LogP contribution in [0, 0.1) is 17.0 Å². The van der Waals surface area contributed by atoms with E-state index in [1.54, 1.807) is 6.07 Å². The molecule has 29 heavy (non-hydrogen) atoms. The largest absolute Gasteiger partial charge is 0.476 e. The Balaban J connectivity index is 2.42. The molecule has 0 aliphatic carbocycles. The normalized spacial score (nSPS) is 11.7. The highest BCUT2D eigenvalue weighted by Crippen LogP contribution is 2.35. The standard InChI is InChI=1S/C21H18Cl2F2N2O2/c1-21(2,3)10-16-26-18(20(28)29)19(11-7-8-14(24)13(23)9-11)27(16)15-6-4-5-12(22)17(15)25/h4-9H,10H2,1-3H3,(H,28,29). The van der Waals surface area contributed by atoms with Gasteiger partial charge in [0.15, 0.2) is 11.5 Å². The first-order valence-electron chi connectivity index (χ1n) is 8.74. The molecular formula is C21H18Cl2F2N2O2. The van der Waals surface area contributed by atoms with Crippen molar-refractivity contribution in [3.05, 3.63) is 69.6 Å². The molecule has 0 atom stereocenters. The van der Waals surface area contributed by atoms with Gasteiger partial charge in [-0.25, -0.2) is 18.6 Å². The monoisotopic (exact) mass is 438 g/mol. The van der Waals surface area contributed by atoms with Crippen LogP contribution in [0.4, 0.5) is 8.78 Å². The Morgan fingerprint density at radius 3 is 2.41 bits per heavy atom. The molecule has 0 aliphatic rings. The quantitative estimate of drug-likeness (QED) is 0.511. The van der Waals surface area contributed by atoms with Crippen LogP contribution in [-0.2, 0) is 6.42 Å². The van der Waals surface area contributed by atoms with Crippen LogP contribution in [0.2, 0.25) is 10.0 Å². The van der Waals surface area contributed by atoms with Gasteiger partial charge in [0.2, 0.25) is 0 Å². The highest BCUT2D eigenvalue weighted by Gasteiger charge is 2.28. The zero-order valence-electron chi connectivity index (χ0n) is 15.9. The van der Waals surface area contributed by atoms with E-state index in [2.05, 4.69) is 4.98 Å². The molecule has 152 valence electrons. The van der Waals surface area contributed by atoms with Crippen LogP contribution in [0.15, 0.2) is 36.4 Å². The fourth-order valence-electron chi connectivity index (χ4n) is 3.04. The van der Waals surface area contributed by atoms with Gasteiger partial charge >= 0.3 is 5.97 Å². The molecule has 0 amide bonds. The van der Waals surface area contributed by atoms with Gasteiger partial charge in [-0.05, 0) is 35.7 Å². The SMILES string of the molecule is CC(C)(C)Cc1nc(C(=O)O)c(-c2ccc(F)c(Cl)c2)n1-c1cccc(Cl)c1F. The van der Waals surface area contributed by atoms with Crippen molar-refractivity contribution in [2.45, 2.75) is 27.2 Å². The highest BCUT2D eigenvalue weighted by molar-refractivity contribution is 6.31. The summed E-state index contributed by atoms with van der Waals surface area (Å²) in [7, 11) is 0. The van der Waals surface area contributed by atoms with Crippen molar-refractivity contribution in [2.24, 2.45) is 5.41 Å². The maximum absolute atomic E-state index is 14.9. The van der Waals surface area contributed by atoms with Gasteiger partial charge in [-0.15, -0.1) is 0 Å². The molecule has 1 heterocycles. The van der Waals surface area contributed by atoms with Gasteiger partial charge in [0.1, 0.15) is 11.6 Å². The summed E-state index contributed by atoms with van der Waals surface area (Å²) >= 11 is 11.9. The van der Waals surface area contributed by atoms with Crippen molar-refractivity contribution in [3.63, 3.8) is 0 Å². The van der Waals surface area contributed by atoms with E-state index in [1.165, 1.54) is 28.8 Å². The second-order valence-electron chi connectivity index (χ2n) is 7.81. The smallest absolute Gasteiger partial charge is 0.356 e. The number of nitrogens with zero attached hydrogens (tertiary/aromatic N) is 2. The molecule has 1 N–H and O–H groups in total. The summed E-state index contributed by atoms with van der Waals surface area (Å²) in [6, 6.07) is 8.23. The molecule has 0 fully saturated rings. The number of benzene rings is 2. The molecule has 1 aromatic heterocycles. The van der Waals surface area contributed by atoms with Crippen molar-refractivity contribution in [2.75, 3.05) is 0 Å². The van der Waals surface area contributed by atoms with Crippen molar-refractivity contribution >= 4 is 29.2 Å². The zero-order valence-corrected chi connectivity index (χ0v) is 17.4. The van der Waals surface area contributed by atoms with Crippen molar-refractivity contribution in [3.8, 4) is 16.9 Å². The lowest BCUT2D eigenvalue weighted by molar-refractivity contribution is 0.0691. The molecular weight excluding hydrogens is 421 g/mol. The van der Waals surface area contributed by atoms with Gasteiger partial charge in [-0.1, -0.05) is 50.0 Å². The summed E-state index contributed by atoms with van der Waals surface area (Å²) in [6.45, 7) is 5.86. The molecule has 0 spiro atoms. The van der Waals surface area contributed by atoms with Gasteiger partial charge in [0.25, 0.3) is 0 Å². The molecule has 0 unspecified atom stereocenters. The summed E-state index contributed by atoms with van der Waals surface area (Å²) in [5, 5.41) is 9.46. The Kier molecular flexibility index (Phi) is 5.70. The van der Waals surface area contributed by atoms with Crippen LogP contribution in [0.5, 0.6) is 0 Å². The van der Waals surface area contributed by atoms with E-state index >= 15 is 0 Å². The van der Waals surface area contributed by atoms with E-state index in [-0.39, 0.29) is 32.5 Å². The Bertz CT molecular complexity index is 1100. The lowest BCUT2D eigenvalue weighted by Gasteiger charge is -2.20. The summed E-state index contributed by atoms with van der Waals surface area (Å²) < 4.78 is 30.0. The topological polar surface area (TPSA) is 55.1 Å². The third-order valence-corrected chi connectivity index (χ3v) is 4.78. The molecule has 4 nitrogen and oxygen atoms in total. The second kappa shape index (κ2) is 7.76. The number of carboxylic acid groups (broad SMARTS) is 1. The average Bonchev–Trinajstić information content (AvgIpc) is 2.97. The molecule has 3 rings (SSSR count). The van der Waals surface area contributed by atoms with Gasteiger partial charge in [0, 0.05) is 12.0 Å². The third kappa shape index (κ3) is 4.28. The summed E-state index contributed by atoms with van der Waals surface area (Å²) in [4.78, 5) is 16.2. The van der Waals surface area contributed by atoms with Crippen LogP contribution < -0.4 is 0 Å². The summed E-state index contributed by atoms with van der Waals surface area (Å²) in [6.07, 6.45) is 0.355. The second-order valence-corrected chi connectivity index (χ2v) is 8.62. The van der Waals surface area contributed by atoms with Crippen molar-refractivity contribution in [1.82, 2.24) is 9.55 Å². The first-order valence-corrected chi connectivity index (χ1v) is 9.50. The van der Waals surface area contributed by atoms with E-state index in [0.29, 0.717) is 17.8 Å². The number of aromatic nitrogens is 2. The lowest BCUT2D eigenvalue weighted by Crippen LogP contribution is -2.15. The van der Waals surface area contributed by atoms with Crippen molar-refractivity contribution < 1.29 is 18.7 Å². The number of carboxylic acids is 1.